The monoisotopic (exact) mass is 425 g/mol. The zero-order chi connectivity index (χ0) is 21.5. The van der Waals surface area contributed by atoms with Crippen LogP contribution >= 0.6 is 0 Å². The Balaban J connectivity index is 1.28. The summed E-state index contributed by atoms with van der Waals surface area (Å²) in [6.07, 6.45) is -0.777. The quantitative estimate of drug-likeness (QED) is 0.653. The average Bonchev–Trinajstić information content (AvgIpc) is 2.80. The van der Waals surface area contributed by atoms with E-state index in [1.807, 2.05) is 48.5 Å². The highest BCUT2D eigenvalue weighted by atomic mass is 16.6. The lowest BCUT2D eigenvalue weighted by molar-refractivity contribution is -0.950. The van der Waals surface area contributed by atoms with Crippen LogP contribution in [0.4, 0.5) is 0 Å². The van der Waals surface area contributed by atoms with Crippen LogP contribution in [0.15, 0.2) is 48.5 Å². The fraction of sp³-hybridized carbons (Fsp3) is 0.458. The molecular weight excluding hydrogens is 396 g/mol. The summed E-state index contributed by atoms with van der Waals surface area (Å²) < 4.78 is 23.7. The van der Waals surface area contributed by atoms with Crippen molar-refractivity contribution in [1.29, 1.82) is 5.26 Å². The van der Waals surface area contributed by atoms with Crippen molar-refractivity contribution in [2.75, 3.05) is 52.7 Å². The van der Waals surface area contributed by atoms with E-state index in [1.165, 1.54) is 0 Å². The largest absolute Gasteiger partial charge is 0.486 e. The Labute approximate surface area is 182 Å². The van der Waals surface area contributed by atoms with Gasteiger partial charge in [0.05, 0.1) is 38.1 Å². The van der Waals surface area contributed by atoms with Crippen LogP contribution in [0, 0.1) is 11.3 Å². The van der Waals surface area contributed by atoms with Crippen LogP contribution in [-0.2, 0) is 16.0 Å². The number of morpholine rings is 1. The van der Waals surface area contributed by atoms with Crippen molar-refractivity contribution in [3.05, 3.63) is 59.7 Å². The molecule has 0 aliphatic carbocycles. The zero-order valence-corrected chi connectivity index (χ0v) is 17.6. The molecule has 0 spiro atoms. The fourth-order valence-corrected chi connectivity index (χ4v) is 4.19. The van der Waals surface area contributed by atoms with Gasteiger partial charge in [0.2, 0.25) is 0 Å². The maximum atomic E-state index is 10.7. The third-order valence-corrected chi connectivity index (χ3v) is 5.80. The van der Waals surface area contributed by atoms with Gasteiger partial charge in [-0.05, 0) is 24.3 Å². The van der Waals surface area contributed by atoms with Crippen LogP contribution in [0.25, 0.3) is 0 Å². The number of rotatable bonds is 8. The third kappa shape index (κ3) is 5.75. The Morgan fingerprint density at radius 3 is 2.58 bits per heavy atom. The normalized spacial score (nSPS) is 20.6. The second kappa shape index (κ2) is 10.1. The molecule has 4 rings (SSSR count). The standard InChI is InChI=1S/C24H29N2O5/c25-13-19-5-7-20(8-6-19)14-26(9-11-28-12-10-26)15-21(27)16-29-17-22-18-30-23-3-1-2-4-24(23)31-22/h1-8,21-22,27H,9-12,14-18H2/q+1/t21-,22-/m1/s1. The maximum Gasteiger partial charge on any atom is 0.161 e. The average molecular weight is 426 g/mol. The number of hydrogen-bond donors (Lipinski definition) is 1. The second-order valence-corrected chi connectivity index (χ2v) is 8.24. The van der Waals surface area contributed by atoms with Crippen molar-refractivity contribution in [2.24, 2.45) is 0 Å². The van der Waals surface area contributed by atoms with E-state index in [2.05, 4.69) is 6.07 Å². The minimum atomic E-state index is -0.590. The van der Waals surface area contributed by atoms with E-state index < -0.39 is 6.10 Å². The van der Waals surface area contributed by atoms with Gasteiger partial charge in [-0.2, -0.15) is 5.26 Å². The van der Waals surface area contributed by atoms with Gasteiger partial charge in [0, 0.05) is 5.56 Å². The molecule has 0 saturated carbocycles. The van der Waals surface area contributed by atoms with E-state index >= 15 is 0 Å². The number of quaternary nitrogens is 1. The number of benzene rings is 2. The van der Waals surface area contributed by atoms with E-state index in [-0.39, 0.29) is 12.7 Å². The molecule has 2 heterocycles. The molecule has 1 N–H and O–H groups in total. The molecule has 7 nitrogen and oxygen atoms in total. The van der Waals surface area contributed by atoms with Gasteiger partial charge in [-0.3, -0.25) is 0 Å². The summed E-state index contributed by atoms with van der Waals surface area (Å²) in [5.74, 6) is 1.48. The van der Waals surface area contributed by atoms with Gasteiger partial charge in [-0.1, -0.05) is 24.3 Å². The number of para-hydroxylation sites is 2. The first-order chi connectivity index (χ1) is 15.2. The maximum absolute atomic E-state index is 10.7. The Morgan fingerprint density at radius 1 is 1.10 bits per heavy atom. The number of nitriles is 1. The van der Waals surface area contributed by atoms with Crippen molar-refractivity contribution >= 4 is 0 Å². The first-order valence-electron chi connectivity index (χ1n) is 10.7. The third-order valence-electron chi connectivity index (χ3n) is 5.80. The van der Waals surface area contributed by atoms with Crippen molar-refractivity contribution in [1.82, 2.24) is 0 Å². The van der Waals surface area contributed by atoms with Crippen LogP contribution in [0.5, 0.6) is 11.5 Å². The summed E-state index contributed by atoms with van der Waals surface area (Å²) in [6, 6.07) is 17.4. The predicted octanol–water partition coefficient (Wildman–Crippen LogP) is 2.12. The molecule has 31 heavy (non-hydrogen) atoms. The van der Waals surface area contributed by atoms with Gasteiger partial charge in [-0.25, -0.2) is 0 Å². The van der Waals surface area contributed by atoms with Crippen LogP contribution in [0.1, 0.15) is 11.1 Å². The highest BCUT2D eigenvalue weighted by Crippen LogP contribution is 2.30. The van der Waals surface area contributed by atoms with Crippen molar-refractivity contribution in [2.45, 2.75) is 18.8 Å². The molecule has 2 aromatic rings. The molecule has 2 atom stereocenters. The molecule has 1 fully saturated rings. The highest BCUT2D eigenvalue weighted by molar-refractivity contribution is 5.40. The summed E-state index contributed by atoms with van der Waals surface area (Å²) in [6.45, 7) is 5.47. The lowest BCUT2D eigenvalue weighted by Crippen LogP contribution is -2.58. The minimum absolute atomic E-state index is 0.188. The molecule has 0 radical (unpaired) electrons. The van der Waals surface area contributed by atoms with Crippen LogP contribution in [-0.4, -0.2) is 74.5 Å². The lowest BCUT2D eigenvalue weighted by atomic mass is 10.1. The Hall–Kier alpha value is -2.63. The molecule has 0 bridgehead atoms. The van der Waals surface area contributed by atoms with Crippen LogP contribution in [0.3, 0.4) is 0 Å². The highest BCUT2D eigenvalue weighted by Gasteiger charge is 2.33. The van der Waals surface area contributed by atoms with Gasteiger partial charge < -0.3 is 28.5 Å². The van der Waals surface area contributed by atoms with Gasteiger partial charge in [0.1, 0.15) is 38.9 Å². The second-order valence-electron chi connectivity index (χ2n) is 8.24. The van der Waals surface area contributed by atoms with E-state index in [9.17, 15) is 5.11 Å². The predicted molar refractivity (Wildman–Crippen MR) is 114 cm³/mol. The first kappa shape index (κ1) is 21.6. The Bertz CT molecular complexity index is 890. The number of aliphatic hydroxyl groups is 1. The molecule has 7 heteroatoms. The molecule has 0 aromatic heterocycles. The van der Waals surface area contributed by atoms with Gasteiger partial charge in [-0.15, -0.1) is 0 Å². The van der Waals surface area contributed by atoms with Crippen LogP contribution in [0.2, 0.25) is 0 Å². The summed E-state index contributed by atoms with van der Waals surface area (Å²) in [5, 5.41) is 19.7. The number of ether oxygens (including phenoxy) is 4. The van der Waals surface area contributed by atoms with Crippen molar-refractivity contribution < 1.29 is 28.5 Å². The number of nitrogens with zero attached hydrogens (tertiary/aromatic N) is 2. The molecule has 0 amide bonds. The lowest BCUT2D eigenvalue weighted by Gasteiger charge is -2.42. The smallest absolute Gasteiger partial charge is 0.161 e. The van der Waals surface area contributed by atoms with Crippen molar-refractivity contribution in [3.8, 4) is 17.6 Å². The van der Waals surface area contributed by atoms with E-state index in [0.717, 1.165) is 41.2 Å². The van der Waals surface area contributed by atoms with Gasteiger partial charge in [0.25, 0.3) is 0 Å². The molecule has 2 aromatic carbocycles. The zero-order valence-electron chi connectivity index (χ0n) is 17.6. The topological polar surface area (TPSA) is 80.9 Å². The number of fused-ring (bicyclic) bond motifs is 1. The van der Waals surface area contributed by atoms with Gasteiger partial charge >= 0.3 is 0 Å². The Kier molecular flexibility index (Phi) is 7.05. The fourth-order valence-electron chi connectivity index (χ4n) is 4.19. The van der Waals surface area contributed by atoms with Crippen molar-refractivity contribution in [3.63, 3.8) is 0 Å². The minimum Gasteiger partial charge on any atom is -0.486 e. The molecule has 164 valence electrons. The summed E-state index contributed by atoms with van der Waals surface area (Å²) in [7, 11) is 0. The van der Waals surface area contributed by atoms with Crippen LogP contribution < -0.4 is 9.47 Å². The number of hydrogen-bond acceptors (Lipinski definition) is 6. The van der Waals surface area contributed by atoms with E-state index in [0.29, 0.717) is 38.5 Å². The first-order valence-corrected chi connectivity index (χ1v) is 10.7. The Morgan fingerprint density at radius 2 is 1.84 bits per heavy atom. The SMILES string of the molecule is N#Cc1ccc(C[N+]2(C[C@@H](O)COC[C@@H]3COc4ccccc4O3)CCOCC2)cc1. The number of aliphatic hydroxyl groups excluding tert-OH is 1. The van der Waals surface area contributed by atoms with E-state index in [1.54, 1.807) is 0 Å². The van der Waals surface area contributed by atoms with E-state index in [4.69, 9.17) is 24.2 Å². The molecule has 0 unspecified atom stereocenters. The summed E-state index contributed by atoms with van der Waals surface area (Å²) in [5.41, 5.74) is 1.81. The molecule has 2 aliphatic rings. The summed E-state index contributed by atoms with van der Waals surface area (Å²) in [4.78, 5) is 0. The molecule has 1 saturated heterocycles. The summed E-state index contributed by atoms with van der Waals surface area (Å²) >= 11 is 0. The molecular formula is C24H29N2O5+. The molecule has 2 aliphatic heterocycles. The van der Waals surface area contributed by atoms with Gasteiger partial charge in [0.15, 0.2) is 17.6 Å².